The second kappa shape index (κ2) is 9.49. The van der Waals surface area contributed by atoms with Gasteiger partial charge in [0.15, 0.2) is 0 Å². The summed E-state index contributed by atoms with van der Waals surface area (Å²) >= 11 is 1.34. The fourth-order valence-electron chi connectivity index (χ4n) is 3.31. The highest BCUT2D eigenvalue weighted by Crippen LogP contribution is 2.28. The van der Waals surface area contributed by atoms with Crippen LogP contribution in [0.5, 0.6) is 0 Å². The number of hydrogen-bond acceptors (Lipinski definition) is 7. The van der Waals surface area contributed by atoms with Crippen molar-refractivity contribution in [1.82, 2.24) is 9.88 Å². The molecule has 3 rings (SSSR count). The quantitative estimate of drug-likeness (QED) is 0.452. The molecule has 0 spiro atoms. The van der Waals surface area contributed by atoms with Gasteiger partial charge in [-0.2, -0.15) is 5.26 Å². The molecule has 28 heavy (non-hydrogen) atoms. The lowest BCUT2D eigenvalue weighted by molar-refractivity contribution is -0.149. The lowest BCUT2D eigenvalue weighted by Crippen LogP contribution is -2.40. The van der Waals surface area contributed by atoms with E-state index < -0.39 is 0 Å². The second-order valence-corrected chi connectivity index (χ2v) is 7.52. The average molecular weight is 398 g/mol. The first kappa shape index (κ1) is 20.1. The highest BCUT2D eigenvalue weighted by atomic mass is 32.1. The van der Waals surface area contributed by atoms with Crippen molar-refractivity contribution in [3.05, 3.63) is 46.5 Å². The summed E-state index contributed by atoms with van der Waals surface area (Å²) < 4.78 is 5.12. The van der Waals surface area contributed by atoms with Gasteiger partial charge in [0.2, 0.25) is 0 Å². The number of allylic oxidation sites excluding steroid dienone is 1. The molecule has 1 unspecified atom stereocenters. The summed E-state index contributed by atoms with van der Waals surface area (Å²) in [4.78, 5) is 18.5. The number of esters is 1. The molecular weight excluding hydrogens is 374 g/mol. The predicted molar refractivity (Wildman–Crippen MR) is 109 cm³/mol. The smallest absolute Gasteiger partial charge is 0.310 e. The minimum Gasteiger partial charge on any atom is -0.509 e. The molecule has 1 aromatic carbocycles. The van der Waals surface area contributed by atoms with E-state index in [0.29, 0.717) is 18.2 Å². The Balaban J connectivity index is 1.73. The second-order valence-electron chi connectivity index (χ2n) is 6.66. The molecule has 2 aromatic rings. The number of aliphatic hydroxyl groups is 1. The van der Waals surface area contributed by atoms with Crippen LogP contribution in [0.2, 0.25) is 0 Å². The molecule has 2 heterocycles. The van der Waals surface area contributed by atoms with Gasteiger partial charge in [-0.15, -0.1) is 11.3 Å². The maximum Gasteiger partial charge on any atom is 0.310 e. The van der Waals surface area contributed by atoms with Crippen LogP contribution in [0.15, 0.2) is 41.5 Å². The van der Waals surface area contributed by atoms with Crippen LogP contribution in [0.1, 0.15) is 24.8 Å². The summed E-state index contributed by atoms with van der Waals surface area (Å²) in [6.45, 7) is 3.68. The summed E-state index contributed by atoms with van der Waals surface area (Å²) in [5.74, 6) is -0.388. The molecule has 1 N–H and O–H groups in total. The summed E-state index contributed by atoms with van der Waals surface area (Å²) in [7, 11) is 0. The molecule has 6 nitrogen and oxygen atoms in total. The number of ether oxygens (including phenoxy) is 1. The van der Waals surface area contributed by atoms with Crippen molar-refractivity contribution in [3.8, 4) is 17.3 Å². The standard InChI is InChI=1S/C21H23N3O3S/c1-2-27-21(26)16-9-6-10-24(12-16)13-19(25)17(11-22)20-23-18(14-28-20)15-7-4-3-5-8-15/h3-5,7-8,14,16,25H,2,6,9-10,12-13H2,1H3. The van der Waals surface area contributed by atoms with Crippen molar-refractivity contribution in [1.29, 1.82) is 5.26 Å². The van der Waals surface area contributed by atoms with Crippen LogP contribution in [0.3, 0.4) is 0 Å². The molecule has 1 saturated heterocycles. The molecule has 0 amide bonds. The zero-order valence-electron chi connectivity index (χ0n) is 15.8. The van der Waals surface area contributed by atoms with Crippen molar-refractivity contribution in [2.45, 2.75) is 19.8 Å². The Morgan fingerprint density at radius 1 is 1.43 bits per heavy atom. The molecule has 1 fully saturated rings. The minimum absolute atomic E-state index is 0.0130. The molecule has 7 heteroatoms. The third-order valence-corrected chi connectivity index (χ3v) is 5.55. The minimum atomic E-state index is -0.191. The molecular formula is C21H23N3O3S. The number of likely N-dealkylation sites (tertiary alicyclic amines) is 1. The van der Waals surface area contributed by atoms with Crippen LogP contribution in [-0.2, 0) is 9.53 Å². The van der Waals surface area contributed by atoms with Crippen LogP contribution >= 0.6 is 11.3 Å². The van der Waals surface area contributed by atoms with Crippen LogP contribution < -0.4 is 0 Å². The Morgan fingerprint density at radius 2 is 2.21 bits per heavy atom. The zero-order chi connectivity index (χ0) is 19.9. The molecule has 0 radical (unpaired) electrons. The third-order valence-electron chi connectivity index (χ3n) is 4.69. The molecule has 0 bridgehead atoms. The van der Waals surface area contributed by atoms with Gasteiger partial charge in [0.25, 0.3) is 0 Å². The van der Waals surface area contributed by atoms with Gasteiger partial charge in [0, 0.05) is 17.5 Å². The maximum atomic E-state index is 12.0. The van der Waals surface area contributed by atoms with E-state index in [-0.39, 0.29) is 29.8 Å². The number of thiazole rings is 1. The van der Waals surface area contributed by atoms with Crippen molar-refractivity contribution < 1.29 is 14.6 Å². The van der Waals surface area contributed by atoms with E-state index in [1.54, 1.807) is 6.92 Å². The monoisotopic (exact) mass is 397 g/mol. The van der Waals surface area contributed by atoms with Gasteiger partial charge in [-0.1, -0.05) is 30.3 Å². The van der Waals surface area contributed by atoms with E-state index in [9.17, 15) is 15.2 Å². The highest BCUT2D eigenvalue weighted by molar-refractivity contribution is 7.11. The average Bonchev–Trinajstić information content (AvgIpc) is 3.19. The Morgan fingerprint density at radius 3 is 2.93 bits per heavy atom. The Labute approximate surface area is 168 Å². The maximum absolute atomic E-state index is 12.0. The number of hydrogen-bond donors (Lipinski definition) is 1. The number of nitriles is 1. The van der Waals surface area contributed by atoms with Crippen LogP contribution in [0, 0.1) is 17.2 Å². The predicted octanol–water partition coefficient (Wildman–Crippen LogP) is 3.88. The first-order valence-corrected chi connectivity index (χ1v) is 10.2. The van der Waals surface area contributed by atoms with E-state index in [4.69, 9.17) is 4.74 Å². The van der Waals surface area contributed by atoms with Gasteiger partial charge in [0.05, 0.1) is 24.8 Å². The SMILES string of the molecule is CCOC(=O)C1CCCN(CC(O)=C(C#N)c2nc(-c3ccccc3)cs2)C1. The van der Waals surface area contributed by atoms with Gasteiger partial charge in [-0.25, -0.2) is 4.98 Å². The zero-order valence-corrected chi connectivity index (χ0v) is 16.6. The summed E-state index contributed by atoms with van der Waals surface area (Å²) in [6.07, 6.45) is 1.64. The van der Waals surface area contributed by atoms with Crippen LogP contribution in [0.25, 0.3) is 16.8 Å². The molecule has 1 aliphatic rings. The summed E-state index contributed by atoms with van der Waals surface area (Å²) in [6, 6.07) is 11.8. The molecule has 1 aromatic heterocycles. The topological polar surface area (TPSA) is 86.5 Å². The number of nitrogens with zero attached hydrogens (tertiary/aromatic N) is 3. The van der Waals surface area contributed by atoms with E-state index in [1.165, 1.54) is 11.3 Å². The van der Waals surface area contributed by atoms with Gasteiger partial charge < -0.3 is 9.84 Å². The van der Waals surface area contributed by atoms with E-state index in [2.05, 4.69) is 11.1 Å². The number of carbonyl (C=O) groups is 1. The van der Waals surface area contributed by atoms with Gasteiger partial charge in [-0.05, 0) is 26.3 Å². The Bertz CT molecular complexity index is 886. The Hall–Kier alpha value is -2.69. The van der Waals surface area contributed by atoms with Gasteiger partial charge in [-0.3, -0.25) is 9.69 Å². The number of piperidine rings is 1. The highest BCUT2D eigenvalue weighted by Gasteiger charge is 2.28. The van der Waals surface area contributed by atoms with Crippen molar-refractivity contribution in [3.63, 3.8) is 0 Å². The largest absolute Gasteiger partial charge is 0.509 e. The third kappa shape index (κ3) is 4.77. The normalized spacial score (nSPS) is 18.2. The van der Waals surface area contributed by atoms with Crippen LogP contribution in [0.4, 0.5) is 0 Å². The van der Waals surface area contributed by atoms with E-state index in [0.717, 1.165) is 30.6 Å². The number of aliphatic hydroxyl groups excluding tert-OH is 1. The first-order chi connectivity index (χ1) is 13.6. The molecule has 0 saturated carbocycles. The van der Waals surface area contributed by atoms with E-state index in [1.807, 2.05) is 40.6 Å². The van der Waals surface area contributed by atoms with Crippen molar-refractivity contribution in [2.24, 2.45) is 5.92 Å². The van der Waals surface area contributed by atoms with Crippen molar-refractivity contribution in [2.75, 3.05) is 26.2 Å². The number of benzene rings is 1. The summed E-state index contributed by atoms with van der Waals surface area (Å²) in [5, 5.41) is 22.5. The summed E-state index contributed by atoms with van der Waals surface area (Å²) in [5.41, 5.74) is 1.93. The van der Waals surface area contributed by atoms with Gasteiger partial charge >= 0.3 is 5.97 Å². The van der Waals surface area contributed by atoms with Crippen molar-refractivity contribution >= 4 is 22.9 Å². The lowest BCUT2D eigenvalue weighted by Gasteiger charge is -2.31. The fraction of sp³-hybridized carbons (Fsp3) is 0.381. The number of rotatable bonds is 6. The molecule has 0 aliphatic carbocycles. The number of carbonyl (C=O) groups excluding carboxylic acids is 1. The van der Waals surface area contributed by atoms with Gasteiger partial charge in [0.1, 0.15) is 22.4 Å². The molecule has 1 aliphatic heterocycles. The van der Waals surface area contributed by atoms with Crippen LogP contribution in [-0.4, -0.2) is 47.2 Å². The lowest BCUT2D eigenvalue weighted by atomic mass is 9.98. The van der Waals surface area contributed by atoms with E-state index >= 15 is 0 Å². The Kier molecular flexibility index (Phi) is 6.80. The fourth-order valence-corrected chi connectivity index (χ4v) is 4.15. The molecule has 146 valence electrons. The number of aromatic nitrogens is 1. The molecule has 1 atom stereocenters. The first-order valence-electron chi connectivity index (χ1n) is 9.35.